The summed E-state index contributed by atoms with van der Waals surface area (Å²) in [6, 6.07) is 6.98. The van der Waals surface area contributed by atoms with E-state index in [0.717, 1.165) is 5.56 Å². The van der Waals surface area contributed by atoms with Gasteiger partial charge in [-0.2, -0.15) is 0 Å². The van der Waals surface area contributed by atoms with Crippen LogP contribution in [0.1, 0.15) is 18.4 Å². The summed E-state index contributed by atoms with van der Waals surface area (Å²) in [6.45, 7) is -0.254. The molecule has 4 heteroatoms. The number of benzene rings is 1. The molecule has 2 rings (SSSR count). The van der Waals surface area contributed by atoms with Crippen LogP contribution in [0.15, 0.2) is 24.3 Å². The maximum Gasteiger partial charge on any atom is 0.250 e. The minimum Gasteiger partial charge on any atom is -0.497 e. The number of methoxy groups -OCH3 is 1. The fourth-order valence-electron chi connectivity index (χ4n) is 2.30. The van der Waals surface area contributed by atoms with Crippen LogP contribution in [0.5, 0.6) is 5.75 Å². The maximum atomic E-state index is 12.9. The number of aliphatic hydroxyl groups is 1. The number of rotatable bonds is 3. The summed E-state index contributed by atoms with van der Waals surface area (Å²) in [7, 11) is 1.53. The highest BCUT2D eigenvalue weighted by Gasteiger charge is 2.57. The third kappa shape index (κ3) is 1.78. The summed E-state index contributed by atoms with van der Waals surface area (Å²) in [6.07, 6.45) is -0.576. The van der Waals surface area contributed by atoms with Gasteiger partial charge in [0.15, 0.2) is 0 Å². The molecule has 1 aromatic carbocycles. The highest BCUT2D eigenvalue weighted by Crippen LogP contribution is 2.53. The molecule has 0 aliphatic heterocycles. The van der Waals surface area contributed by atoms with Gasteiger partial charge in [0.05, 0.1) is 13.7 Å². The van der Waals surface area contributed by atoms with Crippen molar-refractivity contribution in [1.29, 1.82) is 0 Å². The average molecular weight is 228 g/mol. The molecule has 0 atom stereocenters. The van der Waals surface area contributed by atoms with Gasteiger partial charge in [0, 0.05) is 18.3 Å². The van der Waals surface area contributed by atoms with Crippen molar-refractivity contribution < 1.29 is 18.6 Å². The number of alkyl halides is 2. The number of hydrogen-bond acceptors (Lipinski definition) is 2. The Bertz CT molecular complexity index is 382. The standard InChI is InChI=1S/C12H14F2O2/c1-16-10-4-2-3-9(5-10)11(8-15)6-12(13,14)7-11/h2-5,15H,6-8H2,1H3. The summed E-state index contributed by atoms with van der Waals surface area (Å²) in [5, 5.41) is 9.31. The van der Waals surface area contributed by atoms with Crippen molar-refractivity contribution >= 4 is 0 Å². The third-order valence-corrected chi connectivity index (χ3v) is 3.18. The molecule has 0 amide bonds. The first-order chi connectivity index (χ1) is 7.51. The fourth-order valence-corrected chi connectivity index (χ4v) is 2.30. The predicted octanol–water partition coefficient (Wildman–Crippen LogP) is 2.35. The molecule has 16 heavy (non-hydrogen) atoms. The van der Waals surface area contributed by atoms with Crippen molar-refractivity contribution in [3.8, 4) is 5.75 Å². The van der Waals surface area contributed by atoms with Crippen LogP contribution in [-0.4, -0.2) is 24.7 Å². The van der Waals surface area contributed by atoms with Gasteiger partial charge in [-0.1, -0.05) is 12.1 Å². The molecule has 1 saturated carbocycles. The zero-order valence-electron chi connectivity index (χ0n) is 9.04. The van der Waals surface area contributed by atoms with E-state index in [2.05, 4.69) is 0 Å². The molecule has 0 heterocycles. The molecule has 1 aliphatic carbocycles. The van der Waals surface area contributed by atoms with Crippen LogP contribution in [0.4, 0.5) is 8.78 Å². The number of hydrogen-bond donors (Lipinski definition) is 1. The first-order valence-corrected chi connectivity index (χ1v) is 5.15. The second kappa shape index (κ2) is 3.70. The largest absolute Gasteiger partial charge is 0.497 e. The molecular formula is C12H14F2O2. The van der Waals surface area contributed by atoms with Crippen molar-refractivity contribution in [2.24, 2.45) is 0 Å². The van der Waals surface area contributed by atoms with Gasteiger partial charge in [0.1, 0.15) is 5.75 Å². The first kappa shape index (κ1) is 11.3. The van der Waals surface area contributed by atoms with Crippen LogP contribution in [0.25, 0.3) is 0 Å². The lowest BCUT2D eigenvalue weighted by molar-refractivity contribution is -0.139. The van der Waals surface area contributed by atoms with Gasteiger partial charge in [-0.15, -0.1) is 0 Å². The van der Waals surface area contributed by atoms with Gasteiger partial charge in [-0.25, -0.2) is 8.78 Å². The second-order valence-electron chi connectivity index (χ2n) is 4.38. The Labute approximate surface area is 92.9 Å². The van der Waals surface area contributed by atoms with Crippen LogP contribution >= 0.6 is 0 Å². The zero-order valence-corrected chi connectivity index (χ0v) is 9.04. The Hall–Kier alpha value is -1.16. The van der Waals surface area contributed by atoms with Gasteiger partial charge in [-0.05, 0) is 17.7 Å². The molecule has 88 valence electrons. The smallest absolute Gasteiger partial charge is 0.250 e. The molecule has 0 spiro atoms. The van der Waals surface area contributed by atoms with Gasteiger partial charge in [0.2, 0.25) is 5.92 Å². The molecule has 1 N–H and O–H groups in total. The van der Waals surface area contributed by atoms with Crippen LogP contribution in [0.2, 0.25) is 0 Å². The molecule has 1 fully saturated rings. The summed E-state index contributed by atoms with van der Waals surface area (Å²) in [5.41, 5.74) is -0.0711. The highest BCUT2D eigenvalue weighted by molar-refractivity contribution is 5.37. The lowest BCUT2D eigenvalue weighted by Gasteiger charge is -2.46. The van der Waals surface area contributed by atoms with E-state index in [4.69, 9.17) is 4.74 Å². The molecule has 2 nitrogen and oxygen atoms in total. The van der Waals surface area contributed by atoms with E-state index in [9.17, 15) is 13.9 Å². The minimum absolute atomic E-state index is 0.254. The molecular weight excluding hydrogens is 214 g/mol. The van der Waals surface area contributed by atoms with E-state index in [1.807, 2.05) is 0 Å². The SMILES string of the molecule is COc1cccc(C2(CO)CC(F)(F)C2)c1. The Morgan fingerprint density at radius 2 is 2.06 bits per heavy atom. The molecule has 0 aromatic heterocycles. The van der Waals surface area contributed by atoms with E-state index in [-0.39, 0.29) is 19.4 Å². The summed E-state index contributed by atoms with van der Waals surface area (Å²) in [4.78, 5) is 0. The Kier molecular flexibility index (Phi) is 2.62. The molecule has 0 saturated heterocycles. The van der Waals surface area contributed by atoms with Gasteiger partial charge < -0.3 is 9.84 Å². The molecule has 0 radical (unpaired) electrons. The van der Waals surface area contributed by atoms with Crippen LogP contribution in [-0.2, 0) is 5.41 Å². The minimum atomic E-state index is -2.65. The maximum absolute atomic E-state index is 12.9. The zero-order chi connectivity index (χ0) is 11.8. The molecule has 0 unspecified atom stereocenters. The van der Waals surface area contributed by atoms with Crippen molar-refractivity contribution in [3.63, 3.8) is 0 Å². The third-order valence-electron chi connectivity index (χ3n) is 3.18. The van der Waals surface area contributed by atoms with E-state index in [1.165, 1.54) is 7.11 Å². The van der Waals surface area contributed by atoms with Gasteiger partial charge in [-0.3, -0.25) is 0 Å². The van der Waals surface area contributed by atoms with Crippen molar-refractivity contribution in [1.82, 2.24) is 0 Å². The predicted molar refractivity (Wildman–Crippen MR) is 55.9 cm³/mol. The number of halogens is 2. The lowest BCUT2D eigenvalue weighted by Crippen LogP contribution is -2.51. The van der Waals surface area contributed by atoms with Crippen LogP contribution < -0.4 is 4.74 Å². The highest BCUT2D eigenvalue weighted by atomic mass is 19.3. The summed E-state index contributed by atoms with van der Waals surface area (Å²) in [5.74, 6) is -2.02. The first-order valence-electron chi connectivity index (χ1n) is 5.15. The van der Waals surface area contributed by atoms with Gasteiger partial charge >= 0.3 is 0 Å². The van der Waals surface area contributed by atoms with Crippen molar-refractivity contribution in [3.05, 3.63) is 29.8 Å². The second-order valence-corrected chi connectivity index (χ2v) is 4.38. The number of aliphatic hydroxyl groups excluding tert-OH is 1. The summed E-state index contributed by atoms with van der Waals surface area (Å²) < 4.78 is 30.9. The topological polar surface area (TPSA) is 29.5 Å². The van der Waals surface area contributed by atoms with Crippen LogP contribution in [0.3, 0.4) is 0 Å². The normalized spacial score (nSPS) is 21.2. The van der Waals surface area contributed by atoms with Crippen molar-refractivity contribution in [2.45, 2.75) is 24.2 Å². The Morgan fingerprint density at radius 1 is 1.38 bits per heavy atom. The summed E-state index contributed by atoms with van der Waals surface area (Å²) >= 11 is 0. The lowest BCUT2D eigenvalue weighted by atomic mass is 9.62. The number of ether oxygens (including phenoxy) is 1. The monoisotopic (exact) mass is 228 g/mol. The van der Waals surface area contributed by atoms with Crippen LogP contribution in [0, 0.1) is 0 Å². The Balaban J connectivity index is 2.28. The molecule has 1 aromatic rings. The quantitative estimate of drug-likeness (QED) is 0.860. The molecule has 0 bridgehead atoms. The van der Waals surface area contributed by atoms with Gasteiger partial charge in [0.25, 0.3) is 0 Å². The van der Waals surface area contributed by atoms with E-state index in [0.29, 0.717) is 5.75 Å². The van der Waals surface area contributed by atoms with Crippen molar-refractivity contribution in [2.75, 3.05) is 13.7 Å². The van der Waals surface area contributed by atoms with E-state index in [1.54, 1.807) is 24.3 Å². The fraction of sp³-hybridized carbons (Fsp3) is 0.500. The molecule has 1 aliphatic rings. The van der Waals surface area contributed by atoms with E-state index < -0.39 is 11.3 Å². The average Bonchev–Trinajstić information content (AvgIpc) is 2.25. The van der Waals surface area contributed by atoms with E-state index >= 15 is 0 Å². The Morgan fingerprint density at radius 3 is 2.56 bits per heavy atom.